The Bertz CT molecular complexity index is 388. The Balaban J connectivity index is 2.44. The van der Waals surface area contributed by atoms with E-state index in [0.29, 0.717) is 30.4 Å². The van der Waals surface area contributed by atoms with Crippen molar-refractivity contribution in [3.8, 4) is 5.75 Å². The first-order chi connectivity index (χ1) is 7.18. The van der Waals surface area contributed by atoms with E-state index in [9.17, 15) is 4.79 Å². The number of ether oxygens (including phenoxy) is 1. The van der Waals surface area contributed by atoms with Crippen LogP contribution in [-0.2, 0) is 0 Å². The van der Waals surface area contributed by atoms with Gasteiger partial charge in [0.2, 0.25) is 0 Å². The van der Waals surface area contributed by atoms with Gasteiger partial charge in [-0.1, -0.05) is 13.8 Å². The van der Waals surface area contributed by atoms with Gasteiger partial charge in [0.1, 0.15) is 12.4 Å². The molecule has 0 fully saturated rings. The molecular weight excluding hydrogens is 192 g/mol. The third-order valence-electron chi connectivity index (χ3n) is 2.37. The third-order valence-corrected chi connectivity index (χ3v) is 2.37. The van der Waals surface area contributed by atoms with Crippen molar-refractivity contribution in [2.45, 2.75) is 19.8 Å². The average molecular weight is 206 g/mol. The largest absolute Gasteiger partial charge is 0.489 e. The Kier molecular flexibility index (Phi) is 2.58. The lowest BCUT2D eigenvalue weighted by Crippen LogP contribution is -2.24. The second-order valence-corrected chi connectivity index (χ2v) is 3.86. The molecule has 4 heteroatoms. The molecule has 1 aliphatic rings. The fraction of sp³-hybridized carbons (Fsp3) is 0.455. The summed E-state index contributed by atoms with van der Waals surface area (Å²) >= 11 is 0. The van der Waals surface area contributed by atoms with Crippen LogP contribution in [0.3, 0.4) is 0 Å². The van der Waals surface area contributed by atoms with E-state index in [4.69, 9.17) is 4.74 Å². The van der Waals surface area contributed by atoms with Gasteiger partial charge in [-0.3, -0.25) is 9.78 Å². The summed E-state index contributed by atoms with van der Waals surface area (Å²) in [5, 5.41) is 2.78. The number of carbonyl (C=O) groups is 1. The Morgan fingerprint density at radius 2 is 2.33 bits per heavy atom. The molecular formula is C11H14N2O2. The fourth-order valence-corrected chi connectivity index (χ4v) is 1.49. The van der Waals surface area contributed by atoms with E-state index in [0.717, 1.165) is 5.69 Å². The van der Waals surface area contributed by atoms with Crippen molar-refractivity contribution >= 4 is 5.91 Å². The summed E-state index contributed by atoms with van der Waals surface area (Å²) in [6, 6.07) is 1.81. The molecule has 0 aliphatic carbocycles. The van der Waals surface area contributed by atoms with Gasteiger partial charge in [0, 0.05) is 5.69 Å². The lowest BCUT2D eigenvalue weighted by molar-refractivity contribution is 0.0957. The topological polar surface area (TPSA) is 51.2 Å². The SMILES string of the molecule is CC(C)c1cc2c(cn1)OCCNC2=O. The molecule has 0 unspecified atom stereocenters. The van der Waals surface area contributed by atoms with Gasteiger partial charge in [-0.15, -0.1) is 0 Å². The standard InChI is InChI=1S/C11H14N2O2/c1-7(2)9-5-8-10(6-13-9)15-4-3-12-11(8)14/h5-7H,3-4H2,1-2H3,(H,12,14). The zero-order valence-electron chi connectivity index (χ0n) is 8.91. The number of fused-ring (bicyclic) bond motifs is 1. The number of rotatable bonds is 1. The molecule has 2 heterocycles. The van der Waals surface area contributed by atoms with Crippen molar-refractivity contribution < 1.29 is 9.53 Å². The van der Waals surface area contributed by atoms with Gasteiger partial charge < -0.3 is 10.1 Å². The highest BCUT2D eigenvalue weighted by molar-refractivity contribution is 5.97. The van der Waals surface area contributed by atoms with Crippen LogP contribution in [0.1, 0.15) is 35.8 Å². The minimum Gasteiger partial charge on any atom is -0.489 e. The number of nitrogens with one attached hydrogen (secondary N) is 1. The maximum absolute atomic E-state index is 11.7. The summed E-state index contributed by atoms with van der Waals surface area (Å²) in [5.74, 6) is 0.813. The van der Waals surface area contributed by atoms with Crippen LogP contribution in [0.25, 0.3) is 0 Å². The summed E-state index contributed by atoms with van der Waals surface area (Å²) in [4.78, 5) is 15.9. The first-order valence-corrected chi connectivity index (χ1v) is 5.09. The summed E-state index contributed by atoms with van der Waals surface area (Å²) in [5.41, 5.74) is 1.50. The molecule has 0 saturated carbocycles. The molecule has 4 nitrogen and oxygen atoms in total. The van der Waals surface area contributed by atoms with Crippen LogP contribution in [0.15, 0.2) is 12.3 Å². The van der Waals surface area contributed by atoms with Crippen LogP contribution in [-0.4, -0.2) is 24.0 Å². The molecule has 1 aliphatic heterocycles. The molecule has 0 bridgehead atoms. The number of aromatic nitrogens is 1. The molecule has 0 spiro atoms. The first-order valence-electron chi connectivity index (χ1n) is 5.09. The zero-order valence-corrected chi connectivity index (χ0v) is 8.91. The van der Waals surface area contributed by atoms with Crippen LogP contribution in [0, 0.1) is 0 Å². The molecule has 2 rings (SSSR count). The normalized spacial score (nSPS) is 15.3. The van der Waals surface area contributed by atoms with Crippen LogP contribution < -0.4 is 10.1 Å². The van der Waals surface area contributed by atoms with Gasteiger partial charge in [-0.05, 0) is 12.0 Å². The first kappa shape index (κ1) is 9.96. The van der Waals surface area contributed by atoms with Gasteiger partial charge in [0.25, 0.3) is 5.91 Å². The van der Waals surface area contributed by atoms with E-state index in [-0.39, 0.29) is 5.91 Å². The zero-order chi connectivity index (χ0) is 10.8. The minimum absolute atomic E-state index is 0.0770. The van der Waals surface area contributed by atoms with Gasteiger partial charge in [0.15, 0.2) is 0 Å². The second kappa shape index (κ2) is 3.88. The Morgan fingerprint density at radius 1 is 1.53 bits per heavy atom. The predicted molar refractivity (Wildman–Crippen MR) is 56.2 cm³/mol. The molecule has 80 valence electrons. The van der Waals surface area contributed by atoms with Gasteiger partial charge in [-0.2, -0.15) is 0 Å². The minimum atomic E-state index is -0.0770. The van der Waals surface area contributed by atoms with E-state index >= 15 is 0 Å². The smallest absolute Gasteiger partial charge is 0.255 e. The number of amides is 1. The van der Waals surface area contributed by atoms with E-state index in [1.54, 1.807) is 12.3 Å². The van der Waals surface area contributed by atoms with Crippen molar-refractivity contribution in [1.29, 1.82) is 0 Å². The van der Waals surface area contributed by atoms with Crippen molar-refractivity contribution in [2.75, 3.05) is 13.2 Å². The number of hydrogen-bond acceptors (Lipinski definition) is 3. The number of hydrogen-bond donors (Lipinski definition) is 1. The molecule has 1 amide bonds. The molecule has 15 heavy (non-hydrogen) atoms. The van der Waals surface area contributed by atoms with Gasteiger partial charge in [-0.25, -0.2) is 0 Å². The van der Waals surface area contributed by atoms with Crippen molar-refractivity contribution in [3.05, 3.63) is 23.5 Å². The van der Waals surface area contributed by atoms with Crippen molar-refractivity contribution in [1.82, 2.24) is 10.3 Å². The van der Waals surface area contributed by atoms with E-state index < -0.39 is 0 Å². The maximum Gasteiger partial charge on any atom is 0.255 e. The summed E-state index contributed by atoms with van der Waals surface area (Å²) < 4.78 is 5.41. The maximum atomic E-state index is 11.7. The number of carbonyl (C=O) groups excluding carboxylic acids is 1. The molecule has 1 N–H and O–H groups in total. The molecule has 1 aromatic heterocycles. The average Bonchev–Trinajstić information content (AvgIpc) is 2.40. The highest BCUT2D eigenvalue weighted by atomic mass is 16.5. The predicted octanol–water partition coefficient (Wildman–Crippen LogP) is 1.33. The highest BCUT2D eigenvalue weighted by Gasteiger charge is 2.17. The highest BCUT2D eigenvalue weighted by Crippen LogP contribution is 2.22. The Morgan fingerprint density at radius 3 is 3.07 bits per heavy atom. The fourth-order valence-electron chi connectivity index (χ4n) is 1.49. The molecule has 0 saturated heterocycles. The summed E-state index contributed by atoms with van der Waals surface area (Å²) in [6.07, 6.45) is 1.63. The van der Waals surface area contributed by atoms with Crippen LogP contribution in [0.2, 0.25) is 0 Å². The Labute approximate surface area is 88.7 Å². The van der Waals surface area contributed by atoms with Crippen molar-refractivity contribution in [2.24, 2.45) is 0 Å². The molecule has 0 radical (unpaired) electrons. The molecule has 0 aromatic carbocycles. The van der Waals surface area contributed by atoms with Crippen molar-refractivity contribution in [3.63, 3.8) is 0 Å². The summed E-state index contributed by atoms with van der Waals surface area (Å²) in [6.45, 7) is 5.14. The van der Waals surface area contributed by atoms with E-state index in [2.05, 4.69) is 10.3 Å². The lowest BCUT2D eigenvalue weighted by atomic mass is 10.1. The molecule has 0 atom stereocenters. The third kappa shape index (κ3) is 1.93. The monoisotopic (exact) mass is 206 g/mol. The van der Waals surface area contributed by atoms with Crippen LogP contribution in [0.5, 0.6) is 5.75 Å². The van der Waals surface area contributed by atoms with Crippen LogP contribution >= 0.6 is 0 Å². The summed E-state index contributed by atoms with van der Waals surface area (Å²) in [7, 11) is 0. The van der Waals surface area contributed by atoms with Crippen LogP contribution in [0.4, 0.5) is 0 Å². The quantitative estimate of drug-likeness (QED) is 0.754. The Hall–Kier alpha value is -1.58. The lowest BCUT2D eigenvalue weighted by Gasteiger charge is -2.08. The van der Waals surface area contributed by atoms with Gasteiger partial charge >= 0.3 is 0 Å². The molecule has 1 aromatic rings. The van der Waals surface area contributed by atoms with Gasteiger partial charge in [0.05, 0.1) is 18.3 Å². The number of nitrogens with zero attached hydrogens (tertiary/aromatic N) is 1. The van der Waals surface area contributed by atoms with E-state index in [1.165, 1.54) is 0 Å². The second-order valence-electron chi connectivity index (χ2n) is 3.86. The van der Waals surface area contributed by atoms with E-state index in [1.807, 2.05) is 13.8 Å². The number of pyridine rings is 1.